The monoisotopic (exact) mass is 347 g/mol. The lowest BCUT2D eigenvalue weighted by Crippen LogP contribution is -1.94. The van der Waals surface area contributed by atoms with Crippen molar-refractivity contribution in [3.8, 4) is 17.6 Å². The summed E-state index contributed by atoms with van der Waals surface area (Å²) < 4.78 is 5.95. The summed E-state index contributed by atoms with van der Waals surface area (Å²) in [5.41, 5.74) is 3.36. The van der Waals surface area contributed by atoms with E-state index in [0.29, 0.717) is 16.3 Å². The molecule has 0 atom stereocenters. The largest absolute Gasteiger partial charge is 0.455 e. The Bertz CT molecular complexity index is 936. The first-order valence-electron chi connectivity index (χ1n) is 7.78. The molecule has 25 heavy (non-hydrogen) atoms. The van der Waals surface area contributed by atoms with Crippen molar-refractivity contribution in [2.45, 2.75) is 13.8 Å². The molecule has 1 N–H and O–H groups in total. The number of nitrogens with one attached hydrogen (secondary N) is 1. The SMILES string of the molecule is Cc1ccc(Oc2ccccc2N/C=C(\C#N)c2nc(C)cs2)cc1. The normalized spacial score (nSPS) is 11.0. The van der Waals surface area contributed by atoms with Gasteiger partial charge in [-0.15, -0.1) is 11.3 Å². The van der Waals surface area contributed by atoms with Crippen LogP contribution in [-0.2, 0) is 0 Å². The van der Waals surface area contributed by atoms with Gasteiger partial charge in [-0.2, -0.15) is 5.26 Å². The van der Waals surface area contributed by atoms with E-state index in [2.05, 4.69) is 16.4 Å². The Hall–Kier alpha value is -3.10. The van der Waals surface area contributed by atoms with E-state index >= 15 is 0 Å². The van der Waals surface area contributed by atoms with Crippen molar-refractivity contribution in [3.05, 3.63) is 76.4 Å². The van der Waals surface area contributed by atoms with E-state index < -0.39 is 0 Å². The number of benzene rings is 2. The van der Waals surface area contributed by atoms with Crippen LogP contribution in [0.25, 0.3) is 5.57 Å². The van der Waals surface area contributed by atoms with Crippen LogP contribution in [0.2, 0.25) is 0 Å². The lowest BCUT2D eigenvalue weighted by molar-refractivity contribution is 0.484. The minimum atomic E-state index is 0.489. The summed E-state index contributed by atoms with van der Waals surface area (Å²) in [6.07, 6.45) is 1.66. The van der Waals surface area contributed by atoms with Crippen LogP contribution in [0.4, 0.5) is 5.69 Å². The Morgan fingerprint density at radius 1 is 1.16 bits per heavy atom. The summed E-state index contributed by atoms with van der Waals surface area (Å²) in [7, 11) is 0. The van der Waals surface area contributed by atoms with E-state index in [4.69, 9.17) is 4.74 Å². The molecule has 0 saturated heterocycles. The van der Waals surface area contributed by atoms with Gasteiger partial charge in [0.25, 0.3) is 0 Å². The zero-order chi connectivity index (χ0) is 17.6. The van der Waals surface area contributed by atoms with E-state index in [1.165, 1.54) is 16.9 Å². The maximum absolute atomic E-state index is 9.37. The number of nitrogens with zero attached hydrogens (tertiary/aromatic N) is 2. The zero-order valence-corrected chi connectivity index (χ0v) is 14.8. The second-order valence-electron chi connectivity index (χ2n) is 5.52. The van der Waals surface area contributed by atoms with Gasteiger partial charge in [-0.25, -0.2) is 4.98 Å². The fourth-order valence-corrected chi connectivity index (χ4v) is 2.94. The highest BCUT2D eigenvalue weighted by atomic mass is 32.1. The molecule has 0 radical (unpaired) electrons. The summed E-state index contributed by atoms with van der Waals surface area (Å²) in [5, 5.41) is 15.2. The predicted octanol–water partition coefficient (Wildman–Crippen LogP) is 5.53. The van der Waals surface area contributed by atoms with Gasteiger partial charge in [0.05, 0.1) is 5.69 Å². The molecule has 1 heterocycles. The van der Waals surface area contributed by atoms with Gasteiger partial charge >= 0.3 is 0 Å². The molecular weight excluding hydrogens is 330 g/mol. The third-order valence-electron chi connectivity index (χ3n) is 3.48. The predicted molar refractivity (Wildman–Crippen MR) is 102 cm³/mol. The van der Waals surface area contributed by atoms with Gasteiger partial charge in [-0.3, -0.25) is 0 Å². The number of ether oxygens (including phenoxy) is 1. The molecule has 0 saturated carbocycles. The van der Waals surface area contributed by atoms with E-state index in [1.54, 1.807) is 6.20 Å². The average molecular weight is 347 g/mol. The Kier molecular flexibility index (Phi) is 5.12. The first kappa shape index (κ1) is 16.7. The highest BCUT2D eigenvalue weighted by Crippen LogP contribution is 2.30. The lowest BCUT2D eigenvalue weighted by Gasteiger charge is -2.11. The summed E-state index contributed by atoms with van der Waals surface area (Å²) in [6.45, 7) is 3.95. The maximum atomic E-state index is 9.37. The molecule has 1 aromatic heterocycles. The molecule has 0 unspecified atom stereocenters. The number of nitriles is 1. The van der Waals surface area contributed by atoms with Gasteiger partial charge in [0, 0.05) is 17.3 Å². The Morgan fingerprint density at radius 2 is 1.92 bits per heavy atom. The van der Waals surface area contributed by atoms with Crippen LogP contribution in [0.1, 0.15) is 16.3 Å². The number of thiazole rings is 1. The van der Waals surface area contributed by atoms with Crippen molar-refractivity contribution in [1.29, 1.82) is 5.26 Å². The van der Waals surface area contributed by atoms with Crippen LogP contribution in [0, 0.1) is 25.2 Å². The highest BCUT2D eigenvalue weighted by molar-refractivity contribution is 7.10. The van der Waals surface area contributed by atoms with Gasteiger partial charge in [0.1, 0.15) is 22.4 Å². The maximum Gasteiger partial charge on any atom is 0.150 e. The standard InChI is InChI=1S/C20H17N3OS/c1-14-7-9-17(10-8-14)24-19-6-4-3-5-18(19)22-12-16(11-21)20-23-15(2)13-25-20/h3-10,12-13,22H,1-2H3/b16-12+. The van der Waals surface area contributed by atoms with E-state index in [0.717, 1.165) is 17.1 Å². The topological polar surface area (TPSA) is 57.9 Å². The van der Waals surface area contributed by atoms with Gasteiger partial charge in [0.2, 0.25) is 0 Å². The summed E-state index contributed by atoms with van der Waals surface area (Å²) >= 11 is 1.45. The number of rotatable bonds is 5. The molecule has 5 heteroatoms. The average Bonchev–Trinajstić information content (AvgIpc) is 3.05. The molecule has 0 spiro atoms. The molecule has 124 valence electrons. The summed E-state index contributed by atoms with van der Waals surface area (Å²) in [5.74, 6) is 1.45. The lowest BCUT2D eigenvalue weighted by atomic mass is 10.2. The highest BCUT2D eigenvalue weighted by Gasteiger charge is 2.07. The van der Waals surface area contributed by atoms with Crippen LogP contribution in [0.15, 0.2) is 60.1 Å². The molecule has 4 nitrogen and oxygen atoms in total. The van der Waals surface area contributed by atoms with Crippen LogP contribution in [0.3, 0.4) is 0 Å². The zero-order valence-electron chi connectivity index (χ0n) is 14.0. The molecule has 0 aliphatic rings. The third-order valence-corrected chi connectivity index (χ3v) is 4.47. The second kappa shape index (κ2) is 7.65. The summed E-state index contributed by atoms with van der Waals surface area (Å²) in [4.78, 5) is 4.35. The minimum absolute atomic E-state index is 0.489. The van der Waals surface area contributed by atoms with Gasteiger partial charge < -0.3 is 10.1 Å². The van der Waals surface area contributed by atoms with E-state index in [9.17, 15) is 5.26 Å². The fraction of sp³-hybridized carbons (Fsp3) is 0.100. The number of anilines is 1. The number of aryl methyl sites for hydroxylation is 2. The Balaban J connectivity index is 1.82. The second-order valence-corrected chi connectivity index (χ2v) is 6.38. The number of hydrogen-bond acceptors (Lipinski definition) is 5. The van der Waals surface area contributed by atoms with Crippen LogP contribution < -0.4 is 10.1 Å². The van der Waals surface area contributed by atoms with Crippen LogP contribution in [-0.4, -0.2) is 4.98 Å². The molecule has 0 bridgehead atoms. The first-order chi connectivity index (χ1) is 12.2. The smallest absolute Gasteiger partial charge is 0.150 e. The minimum Gasteiger partial charge on any atom is -0.455 e. The van der Waals surface area contributed by atoms with Gasteiger partial charge in [-0.1, -0.05) is 29.8 Å². The fourth-order valence-electron chi connectivity index (χ4n) is 2.18. The van der Waals surface area contributed by atoms with Crippen molar-refractivity contribution in [3.63, 3.8) is 0 Å². The molecule has 2 aromatic carbocycles. The molecule has 3 rings (SSSR count). The van der Waals surface area contributed by atoms with Crippen molar-refractivity contribution in [1.82, 2.24) is 4.98 Å². The Morgan fingerprint density at radius 3 is 2.60 bits per heavy atom. The quantitative estimate of drug-likeness (QED) is 0.617. The van der Waals surface area contributed by atoms with Gasteiger partial charge in [0.15, 0.2) is 5.75 Å². The van der Waals surface area contributed by atoms with Crippen LogP contribution in [0.5, 0.6) is 11.5 Å². The van der Waals surface area contributed by atoms with Crippen molar-refractivity contribution in [2.75, 3.05) is 5.32 Å². The number of para-hydroxylation sites is 2. The molecule has 0 amide bonds. The van der Waals surface area contributed by atoms with Crippen LogP contribution >= 0.6 is 11.3 Å². The van der Waals surface area contributed by atoms with Gasteiger partial charge in [-0.05, 0) is 38.1 Å². The third kappa shape index (κ3) is 4.25. The van der Waals surface area contributed by atoms with E-state index in [-0.39, 0.29) is 0 Å². The van der Waals surface area contributed by atoms with E-state index in [1.807, 2.05) is 67.8 Å². The molecule has 3 aromatic rings. The molecule has 0 fully saturated rings. The first-order valence-corrected chi connectivity index (χ1v) is 8.66. The molecule has 0 aliphatic carbocycles. The van der Waals surface area contributed by atoms with Crippen molar-refractivity contribution in [2.24, 2.45) is 0 Å². The molecule has 0 aliphatic heterocycles. The number of aromatic nitrogens is 1. The Labute approximate surface area is 151 Å². The molecular formula is C20H17N3OS. The number of allylic oxidation sites excluding steroid dienone is 1. The number of hydrogen-bond donors (Lipinski definition) is 1. The van der Waals surface area contributed by atoms with Crippen molar-refractivity contribution < 1.29 is 4.74 Å². The van der Waals surface area contributed by atoms with Crippen molar-refractivity contribution >= 4 is 22.6 Å². The summed E-state index contributed by atoms with van der Waals surface area (Å²) in [6, 6.07) is 17.7.